The molecular formula is C24H21ClN2O3. The minimum absolute atomic E-state index is 0.0441. The lowest BCUT2D eigenvalue weighted by atomic mass is 9.97. The van der Waals surface area contributed by atoms with Crippen molar-refractivity contribution in [3.63, 3.8) is 0 Å². The van der Waals surface area contributed by atoms with E-state index < -0.39 is 0 Å². The molecule has 1 fully saturated rings. The van der Waals surface area contributed by atoms with Crippen LogP contribution < -0.4 is 10.1 Å². The van der Waals surface area contributed by atoms with Gasteiger partial charge in [0.2, 0.25) is 5.91 Å². The fourth-order valence-corrected chi connectivity index (χ4v) is 3.34. The molecule has 2 amide bonds. The molecule has 3 aromatic rings. The number of aryl methyl sites for hydroxylation is 1. The van der Waals surface area contributed by atoms with Crippen LogP contribution in [-0.2, 0) is 4.79 Å². The number of nitrogens with zero attached hydrogens (tertiary/aromatic N) is 1. The van der Waals surface area contributed by atoms with E-state index in [0.717, 1.165) is 5.56 Å². The highest BCUT2D eigenvalue weighted by atomic mass is 35.5. The van der Waals surface area contributed by atoms with Crippen molar-refractivity contribution in [2.45, 2.75) is 6.92 Å². The molecule has 0 saturated carbocycles. The van der Waals surface area contributed by atoms with Gasteiger partial charge >= 0.3 is 0 Å². The molecule has 0 aliphatic carbocycles. The van der Waals surface area contributed by atoms with Gasteiger partial charge in [0, 0.05) is 35.4 Å². The van der Waals surface area contributed by atoms with Crippen molar-refractivity contribution in [3.8, 4) is 11.5 Å². The summed E-state index contributed by atoms with van der Waals surface area (Å²) in [6.45, 7) is 2.81. The lowest BCUT2D eigenvalue weighted by Gasteiger charge is -2.38. The number of anilines is 1. The van der Waals surface area contributed by atoms with Crippen LogP contribution in [0.1, 0.15) is 15.9 Å². The van der Waals surface area contributed by atoms with Crippen molar-refractivity contribution < 1.29 is 14.3 Å². The van der Waals surface area contributed by atoms with E-state index in [2.05, 4.69) is 5.32 Å². The van der Waals surface area contributed by atoms with Gasteiger partial charge < -0.3 is 15.0 Å². The van der Waals surface area contributed by atoms with E-state index in [1.54, 1.807) is 41.3 Å². The SMILES string of the molecule is Cc1ccc(C(=O)N2CC(C(=O)Nc3cccc(Oc4ccc(Cl)cc4)c3)C2)cc1. The van der Waals surface area contributed by atoms with E-state index in [4.69, 9.17) is 16.3 Å². The van der Waals surface area contributed by atoms with Gasteiger partial charge in [-0.3, -0.25) is 9.59 Å². The summed E-state index contributed by atoms with van der Waals surface area (Å²) in [5.41, 5.74) is 2.40. The third-order valence-electron chi connectivity index (χ3n) is 4.99. The van der Waals surface area contributed by atoms with Crippen LogP contribution in [0.3, 0.4) is 0 Å². The summed E-state index contributed by atoms with van der Waals surface area (Å²) in [7, 11) is 0. The Bertz CT molecular complexity index is 1060. The number of hydrogen-bond acceptors (Lipinski definition) is 3. The third-order valence-corrected chi connectivity index (χ3v) is 5.24. The Hall–Kier alpha value is -3.31. The van der Waals surface area contributed by atoms with Gasteiger partial charge in [0.15, 0.2) is 0 Å². The van der Waals surface area contributed by atoms with Gasteiger partial charge in [-0.1, -0.05) is 35.4 Å². The number of carbonyl (C=O) groups excluding carboxylic acids is 2. The second-order valence-electron chi connectivity index (χ2n) is 7.35. The standard InChI is InChI=1S/C24H21ClN2O3/c1-16-5-7-17(8-6-16)24(29)27-14-18(15-27)23(28)26-20-3-2-4-22(13-20)30-21-11-9-19(25)10-12-21/h2-13,18H,14-15H2,1H3,(H,26,28). The Labute approximate surface area is 180 Å². The van der Waals surface area contributed by atoms with Crippen LogP contribution in [0.4, 0.5) is 5.69 Å². The molecule has 6 heteroatoms. The van der Waals surface area contributed by atoms with Crippen LogP contribution in [-0.4, -0.2) is 29.8 Å². The molecule has 1 saturated heterocycles. The molecule has 0 unspecified atom stereocenters. The maximum atomic E-state index is 12.5. The summed E-state index contributed by atoms with van der Waals surface area (Å²) in [6, 6.07) is 21.7. The molecule has 0 radical (unpaired) electrons. The first kappa shape index (κ1) is 20.0. The molecule has 152 valence electrons. The molecule has 3 aromatic carbocycles. The fraction of sp³-hybridized carbons (Fsp3) is 0.167. The number of benzene rings is 3. The average molecular weight is 421 g/mol. The van der Waals surface area contributed by atoms with Gasteiger partial charge in [-0.25, -0.2) is 0 Å². The molecular weight excluding hydrogens is 400 g/mol. The van der Waals surface area contributed by atoms with Crippen LogP contribution in [0.25, 0.3) is 0 Å². The molecule has 5 nitrogen and oxygen atoms in total. The number of amides is 2. The molecule has 1 N–H and O–H groups in total. The van der Waals surface area contributed by atoms with Gasteiger partial charge in [0.05, 0.1) is 5.92 Å². The molecule has 1 aliphatic heterocycles. The summed E-state index contributed by atoms with van der Waals surface area (Å²) >= 11 is 5.89. The molecule has 0 atom stereocenters. The maximum Gasteiger partial charge on any atom is 0.253 e. The number of carbonyl (C=O) groups is 2. The van der Waals surface area contributed by atoms with E-state index in [0.29, 0.717) is 40.9 Å². The van der Waals surface area contributed by atoms with Gasteiger partial charge in [-0.05, 0) is 55.5 Å². The first-order valence-corrected chi connectivity index (χ1v) is 10.1. The summed E-state index contributed by atoms with van der Waals surface area (Å²) in [4.78, 5) is 26.7. The third kappa shape index (κ3) is 4.63. The van der Waals surface area contributed by atoms with Crippen LogP contribution in [0.15, 0.2) is 72.8 Å². The van der Waals surface area contributed by atoms with Gasteiger partial charge in [0.1, 0.15) is 11.5 Å². The van der Waals surface area contributed by atoms with E-state index in [1.165, 1.54) is 0 Å². The summed E-state index contributed by atoms with van der Waals surface area (Å²) in [6.07, 6.45) is 0. The summed E-state index contributed by atoms with van der Waals surface area (Å²) < 4.78 is 5.80. The van der Waals surface area contributed by atoms with Gasteiger partial charge in [0.25, 0.3) is 5.91 Å². The largest absolute Gasteiger partial charge is 0.457 e. The molecule has 4 rings (SSSR count). The minimum Gasteiger partial charge on any atom is -0.457 e. The Kier molecular flexibility index (Phi) is 5.72. The topological polar surface area (TPSA) is 58.6 Å². The monoisotopic (exact) mass is 420 g/mol. The van der Waals surface area contributed by atoms with Gasteiger partial charge in [-0.15, -0.1) is 0 Å². The Morgan fingerprint density at radius 1 is 0.967 bits per heavy atom. The van der Waals surface area contributed by atoms with Crippen molar-refractivity contribution in [3.05, 3.63) is 88.9 Å². The Morgan fingerprint density at radius 3 is 2.37 bits per heavy atom. The minimum atomic E-state index is -0.222. The summed E-state index contributed by atoms with van der Waals surface area (Å²) in [5.74, 6) is 0.899. The zero-order valence-electron chi connectivity index (χ0n) is 16.5. The highest BCUT2D eigenvalue weighted by molar-refractivity contribution is 6.30. The lowest BCUT2D eigenvalue weighted by Crippen LogP contribution is -2.54. The van der Waals surface area contributed by atoms with Crippen molar-refractivity contribution in [1.82, 2.24) is 4.90 Å². The number of ether oxygens (including phenoxy) is 1. The van der Waals surface area contributed by atoms with Crippen molar-refractivity contribution in [2.75, 3.05) is 18.4 Å². The molecule has 30 heavy (non-hydrogen) atoms. The zero-order chi connectivity index (χ0) is 21.1. The highest BCUT2D eigenvalue weighted by Gasteiger charge is 2.36. The van der Waals surface area contributed by atoms with E-state index in [-0.39, 0.29) is 17.7 Å². The number of nitrogens with one attached hydrogen (secondary N) is 1. The maximum absolute atomic E-state index is 12.5. The first-order valence-electron chi connectivity index (χ1n) is 9.68. The van der Waals surface area contributed by atoms with E-state index >= 15 is 0 Å². The first-order chi connectivity index (χ1) is 14.5. The van der Waals surface area contributed by atoms with Crippen LogP contribution in [0, 0.1) is 12.8 Å². The molecule has 1 aliphatic rings. The average Bonchev–Trinajstić information content (AvgIpc) is 2.69. The predicted molar refractivity (Wildman–Crippen MR) is 117 cm³/mol. The van der Waals surface area contributed by atoms with Crippen molar-refractivity contribution in [2.24, 2.45) is 5.92 Å². The smallest absolute Gasteiger partial charge is 0.253 e. The van der Waals surface area contributed by atoms with Crippen LogP contribution in [0.5, 0.6) is 11.5 Å². The second kappa shape index (κ2) is 8.59. The van der Waals surface area contributed by atoms with Crippen molar-refractivity contribution in [1.29, 1.82) is 0 Å². The lowest BCUT2D eigenvalue weighted by molar-refractivity contribution is -0.123. The molecule has 0 spiro atoms. The number of likely N-dealkylation sites (tertiary alicyclic amines) is 1. The van der Waals surface area contributed by atoms with E-state index in [9.17, 15) is 9.59 Å². The van der Waals surface area contributed by atoms with Crippen molar-refractivity contribution >= 4 is 29.1 Å². The number of hydrogen-bond donors (Lipinski definition) is 1. The molecule has 0 bridgehead atoms. The fourth-order valence-electron chi connectivity index (χ4n) is 3.21. The summed E-state index contributed by atoms with van der Waals surface area (Å²) in [5, 5.41) is 3.55. The predicted octanol–water partition coefficient (Wildman–Crippen LogP) is 5.15. The molecule has 1 heterocycles. The second-order valence-corrected chi connectivity index (χ2v) is 7.78. The quantitative estimate of drug-likeness (QED) is 0.620. The van der Waals surface area contributed by atoms with Crippen LogP contribution in [0.2, 0.25) is 5.02 Å². The Balaban J connectivity index is 1.32. The van der Waals surface area contributed by atoms with Gasteiger partial charge in [-0.2, -0.15) is 0 Å². The number of rotatable bonds is 5. The number of halogens is 1. The van der Waals surface area contributed by atoms with Crippen LogP contribution >= 0.6 is 11.6 Å². The normalized spacial score (nSPS) is 13.5. The molecule has 0 aromatic heterocycles. The highest BCUT2D eigenvalue weighted by Crippen LogP contribution is 2.26. The Morgan fingerprint density at radius 2 is 1.67 bits per heavy atom. The zero-order valence-corrected chi connectivity index (χ0v) is 17.2. The van der Waals surface area contributed by atoms with E-state index in [1.807, 2.05) is 43.3 Å².